The van der Waals surface area contributed by atoms with Crippen LogP contribution < -0.4 is 25.0 Å². The fourth-order valence-corrected chi connectivity index (χ4v) is 6.35. The second-order valence-electron chi connectivity index (χ2n) is 11.5. The Morgan fingerprint density at radius 2 is 1.79 bits per heavy atom. The monoisotopic (exact) mass is 517 g/mol. The van der Waals surface area contributed by atoms with E-state index in [9.17, 15) is 9.59 Å². The zero-order valence-corrected chi connectivity index (χ0v) is 22.9. The number of carbonyl (C=O) groups excluding carboxylic acids is 2. The molecule has 0 bridgehead atoms. The summed E-state index contributed by atoms with van der Waals surface area (Å²) < 4.78 is 11.5. The summed E-state index contributed by atoms with van der Waals surface area (Å²) in [4.78, 5) is 29.6. The van der Waals surface area contributed by atoms with E-state index in [4.69, 9.17) is 9.47 Å². The molecule has 7 heteroatoms. The Morgan fingerprint density at radius 3 is 2.53 bits per heavy atom. The summed E-state index contributed by atoms with van der Waals surface area (Å²) >= 11 is 0. The molecule has 0 aromatic heterocycles. The number of para-hydroxylation sites is 3. The predicted molar refractivity (Wildman–Crippen MR) is 150 cm³/mol. The lowest BCUT2D eigenvalue weighted by atomic mass is 9.73. The molecule has 0 radical (unpaired) electrons. The highest BCUT2D eigenvalue weighted by atomic mass is 16.5. The van der Waals surface area contributed by atoms with Crippen molar-refractivity contribution in [2.24, 2.45) is 5.41 Å². The Hall–Kier alpha value is -3.48. The minimum atomic E-state index is -0.521. The standard InChI is InChI=1S/C31H39N3O4/c1-31(2)17-23-28(25(35)18-31)29(21-13-10-16-26(37-3)30(21)38-4)34(24-15-9-8-14-22(24)33-23)19-27(36)32-20-11-6-5-7-12-20/h8-10,13-16,20,29,33H,5-7,11-12,17-19H2,1-4H3,(H,32,36). The van der Waals surface area contributed by atoms with Crippen molar-refractivity contribution in [3.63, 3.8) is 0 Å². The summed E-state index contributed by atoms with van der Waals surface area (Å²) in [6.07, 6.45) is 6.71. The number of nitrogens with one attached hydrogen (secondary N) is 2. The van der Waals surface area contributed by atoms with Gasteiger partial charge in [0.2, 0.25) is 5.91 Å². The normalized spacial score (nSPS) is 21.1. The molecule has 3 aliphatic rings. The molecule has 7 nitrogen and oxygen atoms in total. The van der Waals surface area contributed by atoms with Crippen molar-refractivity contribution < 1.29 is 19.1 Å². The molecule has 0 spiro atoms. The van der Waals surface area contributed by atoms with Crippen LogP contribution in [-0.2, 0) is 9.59 Å². The van der Waals surface area contributed by atoms with Gasteiger partial charge in [-0.2, -0.15) is 0 Å². The highest BCUT2D eigenvalue weighted by Crippen LogP contribution is 2.50. The van der Waals surface area contributed by atoms with Crippen LogP contribution in [-0.4, -0.2) is 38.5 Å². The number of fused-ring (bicyclic) bond motifs is 1. The summed E-state index contributed by atoms with van der Waals surface area (Å²) in [7, 11) is 3.23. The van der Waals surface area contributed by atoms with Gasteiger partial charge < -0.3 is 25.0 Å². The molecule has 2 aliphatic carbocycles. The van der Waals surface area contributed by atoms with Crippen molar-refractivity contribution in [1.82, 2.24) is 5.32 Å². The second-order valence-corrected chi connectivity index (χ2v) is 11.5. The minimum absolute atomic E-state index is 0.0359. The van der Waals surface area contributed by atoms with Crippen LogP contribution >= 0.6 is 0 Å². The summed E-state index contributed by atoms with van der Waals surface area (Å²) in [5.74, 6) is 1.21. The Bertz CT molecular complexity index is 1250. The number of benzene rings is 2. The van der Waals surface area contributed by atoms with Crippen molar-refractivity contribution in [3.05, 3.63) is 59.3 Å². The molecule has 2 aromatic rings. The Balaban J connectivity index is 1.67. The maximum absolute atomic E-state index is 13.9. The lowest BCUT2D eigenvalue weighted by molar-refractivity contribution is -0.121. The van der Waals surface area contributed by atoms with E-state index < -0.39 is 6.04 Å². The minimum Gasteiger partial charge on any atom is -0.493 e. The molecular weight excluding hydrogens is 478 g/mol. The van der Waals surface area contributed by atoms with Gasteiger partial charge in [-0.05, 0) is 42.9 Å². The fraction of sp³-hybridized carbons (Fsp3) is 0.484. The van der Waals surface area contributed by atoms with Gasteiger partial charge in [0.25, 0.3) is 0 Å². The highest BCUT2D eigenvalue weighted by molar-refractivity contribution is 6.02. The fourth-order valence-electron chi connectivity index (χ4n) is 6.35. The smallest absolute Gasteiger partial charge is 0.239 e. The van der Waals surface area contributed by atoms with Gasteiger partial charge in [-0.3, -0.25) is 9.59 Å². The van der Waals surface area contributed by atoms with E-state index >= 15 is 0 Å². The maximum Gasteiger partial charge on any atom is 0.239 e. The van der Waals surface area contributed by atoms with E-state index in [2.05, 4.69) is 29.4 Å². The van der Waals surface area contributed by atoms with Crippen LogP contribution in [0.15, 0.2) is 53.7 Å². The summed E-state index contributed by atoms with van der Waals surface area (Å²) in [6.45, 7) is 4.38. The molecule has 1 fully saturated rings. The molecule has 1 amide bonds. The third-order valence-corrected chi connectivity index (χ3v) is 8.02. The molecule has 1 unspecified atom stereocenters. The third-order valence-electron chi connectivity index (χ3n) is 8.02. The number of amides is 1. The van der Waals surface area contributed by atoms with Gasteiger partial charge in [0.15, 0.2) is 17.3 Å². The molecule has 5 rings (SSSR count). The number of allylic oxidation sites excluding steroid dienone is 1. The summed E-state index contributed by atoms with van der Waals surface area (Å²) in [5.41, 5.74) is 3.99. The van der Waals surface area contributed by atoms with Crippen LogP contribution in [0, 0.1) is 5.41 Å². The van der Waals surface area contributed by atoms with E-state index in [1.54, 1.807) is 14.2 Å². The topological polar surface area (TPSA) is 79.9 Å². The number of carbonyl (C=O) groups is 2. The SMILES string of the molecule is COc1cccc(C2C3=C(CC(C)(C)CC3=O)Nc3ccccc3N2CC(=O)NC2CCCCC2)c1OC. The molecular formula is C31H39N3O4. The predicted octanol–water partition coefficient (Wildman–Crippen LogP) is 5.77. The molecule has 0 saturated heterocycles. The van der Waals surface area contributed by atoms with Crippen LogP contribution in [0.4, 0.5) is 11.4 Å². The quantitative estimate of drug-likeness (QED) is 0.507. The van der Waals surface area contributed by atoms with Gasteiger partial charge in [0, 0.05) is 29.3 Å². The van der Waals surface area contributed by atoms with E-state index in [1.807, 2.05) is 42.5 Å². The zero-order valence-electron chi connectivity index (χ0n) is 22.9. The molecule has 2 N–H and O–H groups in total. The highest BCUT2D eigenvalue weighted by Gasteiger charge is 2.43. The Kier molecular flexibility index (Phi) is 7.37. The largest absolute Gasteiger partial charge is 0.493 e. The van der Waals surface area contributed by atoms with Gasteiger partial charge in [-0.25, -0.2) is 0 Å². The van der Waals surface area contributed by atoms with E-state index in [-0.39, 0.29) is 29.7 Å². The molecule has 38 heavy (non-hydrogen) atoms. The Morgan fingerprint density at radius 1 is 1.03 bits per heavy atom. The van der Waals surface area contributed by atoms with Crippen LogP contribution in [0.25, 0.3) is 0 Å². The molecule has 202 valence electrons. The molecule has 2 aromatic carbocycles. The third kappa shape index (κ3) is 5.11. The van der Waals surface area contributed by atoms with Crippen LogP contribution in [0.1, 0.15) is 70.4 Å². The molecule has 1 atom stereocenters. The van der Waals surface area contributed by atoms with Gasteiger partial charge in [-0.1, -0.05) is 57.4 Å². The van der Waals surface area contributed by atoms with Gasteiger partial charge >= 0.3 is 0 Å². The average molecular weight is 518 g/mol. The number of Topliss-reactive ketones (excluding diaryl/α,β-unsaturated/α-hetero) is 1. The Labute approximate surface area is 225 Å². The van der Waals surface area contributed by atoms with Crippen LogP contribution in [0.3, 0.4) is 0 Å². The van der Waals surface area contributed by atoms with Gasteiger partial charge in [-0.15, -0.1) is 0 Å². The van der Waals surface area contributed by atoms with E-state index in [1.165, 1.54) is 6.42 Å². The van der Waals surface area contributed by atoms with E-state index in [0.29, 0.717) is 23.5 Å². The zero-order chi connectivity index (χ0) is 26.9. The lowest BCUT2D eigenvalue weighted by Crippen LogP contribution is -2.45. The number of hydrogen-bond acceptors (Lipinski definition) is 6. The van der Waals surface area contributed by atoms with Gasteiger partial charge in [0.1, 0.15) is 0 Å². The first-order valence-corrected chi connectivity index (χ1v) is 13.7. The van der Waals surface area contributed by atoms with Crippen molar-refractivity contribution in [3.8, 4) is 11.5 Å². The molecule has 1 heterocycles. The van der Waals surface area contributed by atoms with Crippen LogP contribution in [0.5, 0.6) is 11.5 Å². The maximum atomic E-state index is 13.9. The molecule has 1 saturated carbocycles. The first-order chi connectivity index (χ1) is 18.3. The summed E-state index contributed by atoms with van der Waals surface area (Å²) in [5, 5.41) is 6.89. The van der Waals surface area contributed by atoms with Crippen molar-refractivity contribution in [1.29, 1.82) is 0 Å². The number of rotatable bonds is 6. The number of anilines is 2. The number of hydrogen-bond donors (Lipinski definition) is 2. The summed E-state index contributed by atoms with van der Waals surface area (Å²) in [6, 6.07) is 13.4. The average Bonchev–Trinajstić information content (AvgIpc) is 3.02. The van der Waals surface area contributed by atoms with Crippen molar-refractivity contribution >= 4 is 23.1 Å². The van der Waals surface area contributed by atoms with Gasteiger partial charge in [0.05, 0.1) is 38.2 Å². The number of ketones is 1. The number of ether oxygens (including phenoxy) is 2. The number of nitrogens with zero attached hydrogens (tertiary/aromatic N) is 1. The van der Waals surface area contributed by atoms with Crippen LogP contribution in [0.2, 0.25) is 0 Å². The number of methoxy groups -OCH3 is 2. The first kappa shape index (κ1) is 26.1. The van der Waals surface area contributed by atoms with Crippen molar-refractivity contribution in [2.45, 2.75) is 70.9 Å². The second kappa shape index (κ2) is 10.7. The van der Waals surface area contributed by atoms with E-state index in [0.717, 1.165) is 54.7 Å². The lowest BCUT2D eigenvalue weighted by Gasteiger charge is -2.38. The first-order valence-electron chi connectivity index (χ1n) is 13.7. The van der Waals surface area contributed by atoms with Crippen molar-refractivity contribution in [2.75, 3.05) is 31.0 Å². The molecule has 1 aliphatic heterocycles.